The number of amides is 2. The van der Waals surface area contributed by atoms with Crippen molar-refractivity contribution in [2.45, 2.75) is 19.8 Å². The van der Waals surface area contributed by atoms with Gasteiger partial charge in [-0.05, 0) is 55.0 Å². The quantitative estimate of drug-likeness (QED) is 0.642. The minimum Gasteiger partial charge on any atom is -0.497 e. The SMILES string of the molecule is COc1ccc(N(CC(=O)N(CCCC(=O)O)c2ccc(OC)cc2)C(C)=O)cc1. The molecule has 2 amide bonds. The normalized spacial score (nSPS) is 10.2. The first-order valence-electron chi connectivity index (χ1n) is 9.44. The Labute approximate surface area is 175 Å². The maximum atomic E-state index is 13.1. The number of benzene rings is 2. The highest BCUT2D eigenvalue weighted by Gasteiger charge is 2.22. The summed E-state index contributed by atoms with van der Waals surface area (Å²) in [6, 6.07) is 13.7. The predicted octanol–water partition coefficient (Wildman–Crippen LogP) is 2.95. The molecule has 0 unspecified atom stereocenters. The number of aliphatic carboxylic acids is 1. The van der Waals surface area contributed by atoms with Gasteiger partial charge in [-0.1, -0.05) is 0 Å². The summed E-state index contributed by atoms with van der Waals surface area (Å²) in [5, 5.41) is 8.93. The van der Waals surface area contributed by atoms with Crippen molar-refractivity contribution in [1.82, 2.24) is 0 Å². The number of anilines is 2. The van der Waals surface area contributed by atoms with Crippen LogP contribution < -0.4 is 19.3 Å². The lowest BCUT2D eigenvalue weighted by molar-refractivity contribution is -0.137. The molecular formula is C22H26N2O6. The van der Waals surface area contributed by atoms with E-state index in [-0.39, 0.29) is 37.7 Å². The lowest BCUT2D eigenvalue weighted by Crippen LogP contribution is -2.43. The highest BCUT2D eigenvalue weighted by atomic mass is 16.5. The van der Waals surface area contributed by atoms with Crippen molar-refractivity contribution in [3.8, 4) is 11.5 Å². The van der Waals surface area contributed by atoms with Crippen LogP contribution >= 0.6 is 0 Å². The Balaban J connectivity index is 2.24. The maximum absolute atomic E-state index is 13.1. The standard InChI is InChI=1S/C22H26N2O6/c1-16(25)24(18-8-12-20(30-3)13-9-18)15-21(26)23(14-4-5-22(27)28)17-6-10-19(29-2)11-7-17/h6-13H,4-5,14-15H2,1-3H3,(H,27,28). The molecule has 0 saturated heterocycles. The number of ether oxygens (including phenoxy) is 2. The molecule has 0 saturated carbocycles. The van der Waals surface area contributed by atoms with Crippen LogP contribution in [-0.2, 0) is 14.4 Å². The molecule has 8 heteroatoms. The van der Waals surface area contributed by atoms with Crippen molar-refractivity contribution in [3.05, 3.63) is 48.5 Å². The molecule has 0 heterocycles. The van der Waals surface area contributed by atoms with Crippen molar-refractivity contribution in [1.29, 1.82) is 0 Å². The van der Waals surface area contributed by atoms with Crippen LogP contribution in [0, 0.1) is 0 Å². The largest absolute Gasteiger partial charge is 0.497 e. The van der Waals surface area contributed by atoms with E-state index in [4.69, 9.17) is 14.6 Å². The predicted molar refractivity (Wildman–Crippen MR) is 113 cm³/mol. The third-order valence-electron chi connectivity index (χ3n) is 4.52. The van der Waals surface area contributed by atoms with Crippen LogP contribution in [0.3, 0.4) is 0 Å². The topological polar surface area (TPSA) is 96.4 Å². The van der Waals surface area contributed by atoms with Gasteiger partial charge in [0.05, 0.1) is 14.2 Å². The first kappa shape index (κ1) is 22.7. The summed E-state index contributed by atoms with van der Waals surface area (Å²) in [5.74, 6) is -0.256. The molecular weight excluding hydrogens is 388 g/mol. The number of methoxy groups -OCH3 is 2. The molecule has 8 nitrogen and oxygen atoms in total. The van der Waals surface area contributed by atoms with Crippen LogP contribution in [0.15, 0.2) is 48.5 Å². The molecule has 0 aliphatic rings. The van der Waals surface area contributed by atoms with Gasteiger partial charge in [0, 0.05) is 31.3 Å². The van der Waals surface area contributed by atoms with E-state index in [1.165, 1.54) is 16.7 Å². The lowest BCUT2D eigenvalue weighted by atomic mass is 10.2. The van der Waals surface area contributed by atoms with Crippen LogP contribution in [-0.4, -0.2) is 50.2 Å². The summed E-state index contributed by atoms with van der Waals surface area (Å²) in [6.45, 7) is 1.42. The first-order chi connectivity index (χ1) is 14.3. The van der Waals surface area contributed by atoms with E-state index in [1.807, 2.05) is 0 Å². The van der Waals surface area contributed by atoms with E-state index < -0.39 is 5.97 Å². The Morgan fingerprint density at radius 3 is 1.70 bits per heavy atom. The van der Waals surface area contributed by atoms with Crippen molar-refractivity contribution in [2.24, 2.45) is 0 Å². The van der Waals surface area contributed by atoms with Crippen molar-refractivity contribution in [2.75, 3.05) is 37.1 Å². The van der Waals surface area contributed by atoms with Gasteiger partial charge in [0.1, 0.15) is 18.0 Å². The Morgan fingerprint density at radius 2 is 1.30 bits per heavy atom. The van der Waals surface area contributed by atoms with Crippen LogP contribution in [0.1, 0.15) is 19.8 Å². The fraction of sp³-hybridized carbons (Fsp3) is 0.318. The zero-order valence-electron chi connectivity index (χ0n) is 17.3. The summed E-state index contributed by atoms with van der Waals surface area (Å²) in [6.07, 6.45) is 0.227. The molecule has 1 N–H and O–H groups in total. The van der Waals surface area contributed by atoms with E-state index in [0.29, 0.717) is 22.9 Å². The van der Waals surface area contributed by atoms with Gasteiger partial charge < -0.3 is 24.4 Å². The summed E-state index contributed by atoms with van der Waals surface area (Å²) in [5.41, 5.74) is 1.17. The molecule has 0 fully saturated rings. The van der Waals surface area contributed by atoms with Gasteiger partial charge in [-0.2, -0.15) is 0 Å². The second-order valence-electron chi connectivity index (χ2n) is 6.54. The van der Waals surface area contributed by atoms with E-state index in [0.717, 1.165) is 0 Å². The maximum Gasteiger partial charge on any atom is 0.303 e. The number of carboxylic acid groups (broad SMARTS) is 1. The number of hydrogen-bond donors (Lipinski definition) is 1. The van der Waals surface area contributed by atoms with E-state index in [9.17, 15) is 14.4 Å². The number of rotatable bonds is 10. The number of nitrogens with zero attached hydrogens (tertiary/aromatic N) is 2. The van der Waals surface area contributed by atoms with Crippen molar-refractivity contribution >= 4 is 29.2 Å². The molecule has 0 atom stereocenters. The van der Waals surface area contributed by atoms with Gasteiger partial charge in [0.25, 0.3) is 0 Å². The van der Waals surface area contributed by atoms with E-state index in [1.54, 1.807) is 62.8 Å². The number of carboxylic acids is 1. The summed E-state index contributed by atoms with van der Waals surface area (Å²) >= 11 is 0. The summed E-state index contributed by atoms with van der Waals surface area (Å²) in [7, 11) is 3.09. The van der Waals surface area contributed by atoms with Crippen molar-refractivity contribution in [3.63, 3.8) is 0 Å². The molecule has 2 rings (SSSR count). The second kappa shape index (κ2) is 10.8. The van der Waals surface area contributed by atoms with Gasteiger partial charge in [-0.25, -0.2) is 0 Å². The van der Waals surface area contributed by atoms with Crippen LogP contribution in [0.4, 0.5) is 11.4 Å². The molecule has 0 aromatic heterocycles. The highest BCUT2D eigenvalue weighted by molar-refractivity contribution is 6.03. The summed E-state index contributed by atoms with van der Waals surface area (Å²) in [4.78, 5) is 39.1. The average molecular weight is 414 g/mol. The molecule has 2 aromatic carbocycles. The van der Waals surface area contributed by atoms with Gasteiger partial charge in [-0.3, -0.25) is 14.4 Å². The minimum atomic E-state index is -0.930. The lowest BCUT2D eigenvalue weighted by Gasteiger charge is -2.27. The molecule has 0 aliphatic carbocycles. The zero-order chi connectivity index (χ0) is 22.1. The Bertz CT molecular complexity index is 864. The van der Waals surface area contributed by atoms with Gasteiger partial charge in [-0.15, -0.1) is 0 Å². The van der Waals surface area contributed by atoms with Gasteiger partial charge >= 0.3 is 5.97 Å². The molecule has 0 spiro atoms. The molecule has 0 radical (unpaired) electrons. The van der Waals surface area contributed by atoms with E-state index >= 15 is 0 Å². The number of carbonyl (C=O) groups excluding carboxylic acids is 2. The van der Waals surface area contributed by atoms with Crippen LogP contribution in [0.25, 0.3) is 0 Å². The Kier molecular flexibility index (Phi) is 8.22. The second-order valence-corrected chi connectivity index (χ2v) is 6.54. The summed E-state index contributed by atoms with van der Waals surface area (Å²) < 4.78 is 10.3. The smallest absolute Gasteiger partial charge is 0.303 e. The average Bonchev–Trinajstić information content (AvgIpc) is 2.74. The van der Waals surface area contributed by atoms with Crippen LogP contribution in [0.2, 0.25) is 0 Å². The number of hydrogen-bond acceptors (Lipinski definition) is 5. The molecule has 160 valence electrons. The minimum absolute atomic E-state index is 0.0607. The fourth-order valence-electron chi connectivity index (χ4n) is 2.92. The number of carbonyl (C=O) groups is 3. The zero-order valence-corrected chi connectivity index (χ0v) is 17.3. The molecule has 0 aliphatic heterocycles. The first-order valence-corrected chi connectivity index (χ1v) is 9.44. The molecule has 30 heavy (non-hydrogen) atoms. The third kappa shape index (κ3) is 6.23. The van der Waals surface area contributed by atoms with E-state index in [2.05, 4.69) is 0 Å². The third-order valence-corrected chi connectivity index (χ3v) is 4.52. The van der Waals surface area contributed by atoms with Gasteiger partial charge in [0.15, 0.2) is 0 Å². The highest BCUT2D eigenvalue weighted by Crippen LogP contribution is 2.23. The molecule has 2 aromatic rings. The Hall–Kier alpha value is -3.55. The van der Waals surface area contributed by atoms with Crippen molar-refractivity contribution < 1.29 is 29.0 Å². The molecule has 0 bridgehead atoms. The van der Waals surface area contributed by atoms with Gasteiger partial charge in [0.2, 0.25) is 11.8 Å². The fourth-order valence-corrected chi connectivity index (χ4v) is 2.92. The Morgan fingerprint density at radius 1 is 0.833 bits per heavy atom. The van der Waals surface area contributed by atoms with Crippen LogP contribution in [0.5, 0.6) is 11.5 Å². The monoisotopic (exact) mass is 414 g/mol.